The zero-order valence-corrected chi connectivity index (χ0v) is 16.7. The Morgan fingerprint density at radius 3 is 2.22 bits per heavy atom. The third kappa shape index (κ3) is 5.89. The fourth-order valence-corrected chi connectivity index (χ4v) is 2.88. The average molecular weight is 373 g/mol. The van der Waals surface area contributed by atoms with Gasteiger partial charge in [0.2, 0.25) is 0 Å². The van der Waals surface area contributed by atoms with Crippen molar-refractivity contribution in [2.75, 3.05) is 34.9 Å². The van der Waals surface area contributed by atoms with Gasteiger partial charge in [0.15, 0.2) is 18.0 Å². The Labute approximate surface area is 161 Å². The number of benzene rings is 2. The monoisotopic (exact) mass is 373 g/mol. The lowest BCUT2D eigenvalue weighted by Gasteiger charge is -2.17. The molecule has 2 N–H and O–H groups in total. The molecule has 2 rings (SSSR count). The Balaban J connectivity index is 1.89. The molecule has 1 unspecified atom stereocenters. The normalized spacial score (nSPS) is 11.6. The second kappa shape index (κ2) is 9.83. The van der Waals surface area contributed by atoms with E-state index in [-0.39, 0.29) is 5.91 Å². The molecule has 0 aliphatic rings. The molecule has 0 heterocycles. The molecule has 0 radical (unpaired) electrons. The number of likely N-dealkylation sites (N-methyl/N-ethyl adjacent to an activating group) is 1. The summed E-state index contributed by atoms with van der Waals surface area (Å²) in [7, 11) is 6.89. The highest BCUT2D eigenvalue weighted by molar-refractivity contribution is 5.76. The maximum atomic E-state index is 12.2. The van der Waals surface area contributed by atoms with Gasteiger partial charge in [0.05, 0.1) is 28.4 Å². The first-order chi connectivity index (χ1) is 13.0. The van der Waals surface area contributed by atoms with Crippen LogP contribution in [0.25, 0.3) is 0 Å². The van der Waals surface area contributed by atoms with Crippen LogP contribution in [0.2, 0.25) is 0 Å². The van der Waals surface area contributed by atoms with Crippen LogP contribution in [0.1, 0.15) is 16.7 Å². The predicted molar refractivity (Wildman–Crippen MR) is 105 cm³/mol. The maximum absolute atomic E-state index is 12.2. The summed E-state index contributed by atoms with van der Waals surface area (Å²) in [5, 5.41) is 2.96. The average Bonchev–Trinajstić information content (AvgIpc) is 2.67. The minimum absolute atomic E-state index is 0.0152. The second-order valence-electron chi connectivity index (χ2n) is 6.57. The van der Waals surface area contributed by atoms with Crippen molar-refractivity contribution in [2.24, 2.45) is 0 Å². The maximum Gasteiger partial charge on any atom is 0.275 e. The molecule has 1 amide bonds. The van der Waals surface area contributed by atoms with Crippen molar-refractivity contribution in [3.8, 4) is 17.2 Å². The largest absolute Gasteiger partial charge is 0.497 e. The quantitative estimate of drug-likeness (QED) is 0.697. The van der Waals surface area contributed by atoms with Gasteiger partial charge in [-0.2, -0.15) is 0 Å². The number of nitrogens with one attached hydrogen (secondary N) is 2. The Bertz CT molecular complexity index is 760. The van der Waals surface area contributed by atoms with Gasteiger partial charge >= 0.3 is 0 Å². The summed E-state index contributed by atoms with van der Waals surface area (Å²) in [4.78, 5) is 13.3. The van der Waals surface area contributed by atoms with Crippen molar-refractivity contribution >= 4 is 5.91 Å². The molecule has 0 saturated carbocycles. The molecule has 0 fully saturated rings. The van der Waals surface area contributed by atoms with Crippen molar-refractivity contribution in [3.63, 3.8) is 0 Å². The van der Waals surface area contributed by atoms with Crippen molar-refractivity contribution < 1.29 is 23.9 Å². The first-order valence-electron chi connectivity index (χ1n) is 8.89. The van der Waals surface area contributed by atoms with Gasteiger partial charge in [-0.1, -0.05) is 12.1 Å². The number of hydrogen-bond donors (Lipinski definition) is 2. The van der Waals surface area contributed by atoms with Gasteiger partial charge in [-0.15, -0.1) is 0 Å². The van der Waals surface area contributed by atoms with Crippen molar-refractivity contribution in [2.45, 2.75) is 20.0 Å². The van der Waals surface area contributed by atoms with Crippen molar-refractivity contribution in [1.29, 1.82) is 0 Å². The van der Waals surface area contributed by atoms with Crippen LogP contribution in [0.3, 0.4) is 0 Å². The third-order valence-electron chi connectivity index (χ3n) is 4.45. The van der Waals surface area contributed by atoms with Gasteiger partial charge in [0.25, 0.3) is 5.91 Å². The number of ether oxygens (including phenoxy) is 3. The summed E-state index contributed by atoms with van der Waals surface area (Å²) >= 11 is 0. The van der Waals surface area contributed by atoms with Gasteiger partial charge in [0, 0.05) is 12.1 Å². The molecule has 1 atom stereocenters. The lowest BCUT2D eigenvalue weighted by Crippen LogP contribution is -3.08. The zero-order chi connectivity index (χ0) is 19.8. The highest BCUT2D eigenvalue weighted by Crippen LogP contribution is 2.29. The number of quaternary nitrogens is 1. The SMILES string of the molecule is COc1ccc(CNC(=O)C[NH+](C)Cc2cc(OC)c(OC)cc2C)cc1. The second-order valence-corrected chi connectivity index (χ2v) is 6.57. The van der Waals surface area contributed by atoms with E-state index in [2.05, 4.69) is 5.32 Å². The van der Waals surface area contributed by atoms with Gasteiger partial charge in [0.1, 0.15) is 12.3 Å². The van der Waals surface area contributed by atoms with Crippen LogP contribution in [0.4, 0.5) is 0 Å². The molecule has 2 aromatic carbocycles. The van der Waals surface area contributed by atoms with E-state index in [4.69, 9.17) is 14.2 Å². The highest BCUT2D eigenvalue weighted by atomic mass is 16.5. The van der Waals surface area contributed by atoms with E-state index in [9.17, 15) is 4.79 Å². The summed E-state index contributed by atoms with van der Waals surface area (Å²) in [6.45, 7) is 3.66. The molecule has 146 valence electrons. The van der Waals surface area contributed by atoms with Gasteiger partial charge in [-0.25, -0.2) is 0 Å². The van der Waals surface area contributed by atoms with E-state index in [0.29, 0.717) is 24.6 Å². The molecule has 0 aromatic heterocycles. The molecule has 2 aromatic rings. The fraction of sp³-hybridized carbons (Fsp3) is 0.381. The first-order valence-corrected chi connectivity index (χ1v) is 8.89. The molecule has 6 nitrogen and oxygen atoms in total. The number of rotatable bonds is 9. The van der Waals surface area contributed by atoms with Crippen LogP contribution in [-0.2, 0) is 17.9 Å². The molecule has 6 heteroatoms. The Morgan fingerprint density at radius 1 is 1.00 bits per heavy atom. The van der Waals surface area contributed by atoms with E-state index in [1.54, 1.807) is 21.3 Å². The number of aryl methyl sites for hydroxylation is 1. The van der Waals surface area contributed by atoms with Crippen LogP contribution in [0.15, 0.2) is 36.4 Å². The fourth-order valence-electron chi connectivity index (χ4n) is 2.88. The molecule has 27 heavy (non-hydrogen) atoms. The summed E-state index contributed by atoms with van der Waals surface area (Å²) < 4.78 is 15.8. The lowest BCUT2D eigenvalue weighted by molar-refractivity contribution is -0.885. The van der Waals surface area contributed by atoms with E-state index in [1.807, 2.05) is 50.4 Å². The number of carbonyl (C=O) groups excluding carboxylic acids is 1. The summed E-state index contributed by atoms with van der Waals surface area (Å²) in [6, 6.07) is 11.6. The smallest absolute Gasteiger partial charge is 0.275 e. The minimum atomic E-state index is 0.0152. The Morgan fingerprint density at radius 2 is 1.63 bits per heavy atom. The van der Waals surface area contributed by atoms with Crippen molar-refractivity contribution in [1.82, 2.24) is 5.32 Å². The lowest BCUT2D eigenvalue weighted by atomic mass is 10.1. The molecule has 0 aliphatic carbocycles. The van der Waals surface area contributed by atoms with E-state index in [0.717, 1.165) is 33.9 Å². The predicted octanol–water partition coefficient (Wildman–Crippen LogP) is 1.35. The summed E-state index contributed by atoms with van der Waals surface area (Å²) in [6.07, 6.45) is 0. The topological polar surface area (TPSA) is 61.2 Å². The van der Waals surface area contributed by atoms with Crippen LogP contribution >= 0.6 is 0 Å². The van der Waals surface area contributed by atoms with Crippen LogP contribution < -0.4 is 24.4 Å². The van der Waals surface area contributed by atoms with Gasteiger partial charge in [-0.3, -0.25) is 4.79 Å². The minimum Gasteiger partial charge on any atom is -0.497 e. The van der Waals surface area contributed by atoms with Gasteiger partial charge in [-0.05, 0) is 42.3 Å². The number of amides is 1. The summed E-state index contributed by atoms with van der Waals surface area (Å²) in [5.41, 5.74) is 3.29. The molecular weight excluding hydrogens is 344 g/mol. The third-order valence-corrected chi connectivity index (χ3v) is 4.45. The van der Waals surface area contributed by atoms with Crippen LogP contribution in [0, 0.1) is 6.92 Å². The first kappa shape index (κ1) is 20.6. The molecule has 0 saturated heterocycles. The molecular formula is C21H29N2O4+. The van der Waals surface area contributed by atoms with Crippen molar-refractivity contribution in [3.05, 3.63) is 53.1 Å². The molecule has 0 bridgehead atoms. The Hall–Kier alpha value is -2.73. The standard InChI is InChI=1S/C21H28N2O4/c1-15-10-19(26-4)20(27-5)11-17(15)13-23(2)14-21(24)22-12-16-6-8-18(25-3)9-7-16/h6-11H,12-14H2,1-5H3,(H,22,24)/p+1. The van der Waals surface area contributed by atoms with E-state index >= 15 is 0 Å². The summed E-state index contributed by atoms with van der Waals surface area (Å²) in [5.74, 6) is 2.24. The Kier molecular flexibility index (Phi) is 7.49. The molecule has 0 aliphatic heterocycles. The number of carbonyl (C=O) groups is 1. The van der Waals surface area contributed by atoms with Gasteiger partial charge < -0.3 is 24.4 Å². The molecule has 0 spiro atoms. The van der Waals surface area contributed by atoms with E-state index < -0.39 is 0 Å². The van der Waals surface area contributed by atoms with E-state index in [1.165, 1.54) is 0 Å². The van der Waals surface area contributed by atoms with Crippen LogP contribution in [-0.4, -0.2) is 40.8 Å². The number of hydrogen-bond acceptors (Lipinski definition) is 4. The van der Waals surface area contributed by atoms with Crippen LogP contribution in [0.5, 0.6) is 17.2 Å². The number of methoxy groups -OCH3 is 3. The zero-order valence-electron chi connectivity index (χ0n) is 16.7. The highest BCUT2D eigenvalue weighted by Gasteiger charge is 2.14.